The molecule has 3 aromatic rings. The van der Waals surface area contributed by atoms with E-state index in [1.54, 1.807) is 0 Å². The zero-order chi connectivity index (χ0) is 21.3. The molecule has 158 valence electrons. The van der Waals surface area contributed by atoms with Crippen molar-refractivity contribution in [3.8, 4) is 11.5 Å². The number of nitrogens with one attached hydrogen (secondary N) is 1. The summed E-state index contributed by atoms with van der Waals surface area (Å²) >= 11 is 3.73. The molecule has 0 radical (unpaired) electrons. The number of amides is 1. The van der Waals surface area contributed by atoms with Crippen molar-refractivity contribution in [3.63, 3.8) is 0 Å². The molecule has 1 aliphatic rings. The Kier molecular flexibility index (Phi) is 6.18. The van der Waals surface area contributed by atoms with E-state index in [-0.39, 0.29) is 11.9 Å². The van der Waals surface area contributed by atoms with Crippen LogP contribution < -0.4 is 20.5 Å². The fourth-order valence-corrected chi connectivity index (χ4v) is 4.76. The Morgan fingerprint density at radius 2 is 2.03 bits per heavy atom. The predicted octanol–water partition coefficient (Wildman–Crippen LogP) is 2.85. The largest absolute Gasteiger partial charge is 0.486 e. The number of fused-ring (bicyclic) bond motifs is 2. The number of carbonyl (C=O) groups excluding carboxylic acids is 1. The van der Waals surface area contributed by atoms with Crippen LogP contribution in [0.15, 0.2) is 28.5 Å². The number of anilines is 1. The van der Waals surface area contributed by atoms with E-state index in [0.717, 1.165) is 14.2 Å². The van der Waals surface area contributed by atoms with E-state index in [2.05, 4.69) is 42.9 Å². The van der Waals surface area contributed by atoms with Gasteiger partial charge in [0.15, 0.2) is 33.6 Å². The minimum Gasteiger partial charge on any atom is -0.486 e. The molecular weight excluding hydrogens is 519 g/mol. The highest BCUT2D eigenvalue weighted by atomic mass is 127. The van der Waals surface area contributed by atoms with Crippen molar-refractivity contribution in [1.82, 2.24) is 24.8 Å². The van der Waals surface area contributed by atoms with Gasteiger partial charge in [-0.2, -0.15) is 0 Å². The first-order chi connectivity index (χ1) is 14.4. The highest BCUT2D eigenvalue weighted by Gasteiger charge is 2.20. The normalized spacial score (nSPS) is 13.1. The molecule has 1 amide bonds. The summed E-state index contributed by atoms with van der Waals surface area (Å²) in [5.74, 6) is 1.73. The van der Waals surface area contributed by atoms with Crippen LogP contribution in [-0.2, 0) is 11.3 Å². The molecule has 9 nitrogen and oxygen atoms in total. The van der Waals surface area contributed by atoms with Crippen LogP contribution in [0.3, 0.4) is 0 Å². The molecule has 30 heavy (non-hydrogen) atoms. The van der Waals surface area contributed by atoms with Gasteiger partial charge >= 0.3 is 0 Å². The number of hydrogen-bond acceptors (Lipinski definition) is 8. The number of rotatable bonds is 6. The number of imidazole rings is 1. The molecule has 0 saturated carbocycles. The molecule has 0 fully saturated rings. The van der Waals surface area contributed by atoms with Gasteiger partial charge in [0.1, 0.15) is 19.5 Å². The standard InChI is InChI=1S/C19H21IN6O3S/c1-10(2)24-15(27)3-4-26-18-16(17(21)22-9-23-18)25-19(26)30-14-8-13-12(7-11(14)20)28-5-6-29-13/h7-10H,3-6H2,1-2H3,(H,24,27)(H2,21,22,23). The quantitative estimate of drug-likeness (QED) is 0.459. The van der Waals surface area contributed by atoms with E-state index in [9.17, 15) is 4.79 Å². The topological polar surface area (TPSA) is 117 Å². The number of hydrogen-bond donors (Lipinski definition) is 2. The van der Waals surface area contributed by atoms with E-state index < -0.39 is 0 Å². The summed E-state index contributed by atoms with van der Waals surface area (Å²) in [6.45, 7) is 5.36. The number of aryl methyl sites for hydroxylation is 1. The van der Waals surface area contributed by atoms with Gasteiger partial charge < -0.3 is 25.1 Å². The van der Waals surface area contributed by atoms with E-state index in [4.69, 9.17) is 15.2 Å². The fourth-order valence-electron chi connectivity index (χ4n) is 3.04. The zero-order valence-electron chi connectivity index (χ0n) is 16.5. The van der Waals surface area contributed by atoms with Gasteiger partial charge in [-0.3, -0.25) is 4.79 Å². The first-order valence-electron chi connectivity index (χ1n) is 9.45. The summed E-state index contributed by atoms with van der Waals surface area (Å²) < 4.78 is 14.3. The molecule has 1 aliphatic heterocycles. The Labute approximate surface area is 191 Å². The molecule has 0 unspecified atom stereocenters. The molecule has 3 heterocycles. The maximum Gasteiger partial charge on any atom is 0.221 e. The Balaban J connectivity index is 1.68. The van der Waals surface area contributed by atoms with Gasteiger partial charge in [0, 0.05) is 27.5 Å². The molecular formula is C19H21IN6O3S. The lowest BCUT2D eigenvalue weighted by molar-refractivity contribution is -0.121. The van der Waals surface area contributed by atoms with E-state index in [1.165, 1.54) is 18.1 Å². The number of ether oxygens (including phenoxy) is 2. The minimum absolute atomic E-state index is 0.0289. The smallest absolute Gasteiger partial charge is 0.221 e. The molecule has 0 spiro atoms. The maximum atomic E-state index is 12.2. The number of nitrogens with zero attached hydrogens (tertiary/aromatic N) is 4. The van der Waals surface area contributed by atoms with E-state index >= 15 is 0 Å². The van der Waals surface area contributed by atoms with Crippen LogP contribution in [0.2, 0.25) is 0 Å². The molecule has 0 aliphatic carbocycles. The summed E-state index contributed by atoms with van der Waals surface area (Å²) in [5.41, 5.74) is 7.15. The molecule has 4 rings (SSSR count). The van der Waals surface area contributed by atoms with Crippen molar-refractivity contribution in [2.24, 2.45) is 0 Å². The van der Waals surface area contributed by atoms with Crippen molar-refractivity contribution in [2.75, 3.05) is 18.9 Å². The highest BCUT2D eigenvalue weighted by molar-refractivity contribution is 14.1. The van der Waals surface area contributed by atoms with Crippen LogP contribution in [0, 0.1) is 3.57 Å². The predicted molar refractivity (Wildman–Crippen MR) is 122 cm³/mol. The molecule has 0 atom stereocenters. The number of benzene rings is 1. The average Bonchev–Trinajstić information content (AvgIpc) is 3.05. The van der Waals surface area contributed by atoms with Crippen LogP contribution >= 0.6 is 34.4 Å². The molecule has 2 aromatic heterocycles. The lowest BCUT2D eigenvalue weighted by Gasteiger charge is -2.19. The number of halogens is 1. The summed E-state index contributed by atoms with van der Waals surface area (Å²) in [6, 6.07) is 3.99. The lowest BCUT2D eigenvalue weighted by Crippen LogP contribution is -2.30. The second-order valence-electron chi connectivity index (χ2n) is 6.98. The van der Waals surface area contributed by atoms with Crippen LogP contribution in [0.5, 0.6) is 11.5 Å². The van der Waals surface area contributed by atoms with Crippen molar-refractivity contribution < 1.29 is 14.3 Å². The Bertz CT molecular complexity index is 1100. The fraction of sp³-hybridized carbons (Fsp3) is 0.368. The third-order valence-corrected chi connectivity index (χ3v) is 6.65. The van der Waals surface area contributed by atoms with Gasteiger partial charge in [-0.25, -0.2) is 15.0 Å². The van der Waals surface area contributed by atoms with Crippen molar-refractivity contribution in [2.45, 2.75) is 42.9 Å². The number of nitrogens with two attached hydrogens (primary N) is 1. The maximum absolute atomic E-state index is 12.2. The van der Waals surface area contributed by atoms with Crippen molar-refractivity contribution >= 4 is 57.2 Å². The summed E-state index contributed by atoms with van der Waals surface area (Å²) in [7, 11) is 0. The van der Waals surface area contributed by atoms with Crippen molar-refractivity contribution in [1.29, 1.82) is 0 Å². The Morgan fingerprint density at radius 3 is 2.77 bits per heavy atom. The molecule has 1 aromatic carbocycles. The first kappa shape index (κ1) is 21.0. The number of aromatic nitrogens is 4. The average molecular weight is 540 g/mol. The van der Waals surface area contributed by atoms with Crippen molar-refractivity contribution in [3.05, 3.63) is 22.0 Å². The summed E-state index contributed by atoms with van der Waals surface area (Å²) in [6.07, 6.45) is 1.71. The summed E-state index contributed by atoms with van der Waals surface area (Å²) in [5, 5.41) is 3.59. The second kappa shape index (κ2) is 8.84. The van der Waals surface area contributed by atoms with Crippen LogP contribution in [-0.4, -0.2) is 44.7 Å². The first-order valence-corrected chi connectivity index (χ1v) is 11.3. The van der Waals surface area contributed by atoms with Gasteiger partial charge in [-0.1, -0.05) is 11.8 Å². The number of nitrogen functional groups attached to an aromatic ring is 1. The minimum atomic E-state index is -0.0289. The third kappa shape index (κ3) is 4.41. The highest BCUT2D eigenvalue weighted by Crippen LogP contribution is 2.40. The molecule has 3 N–H and O–H groups in total. The monoisotopic (exact) mass is 540 g/mol. The molecule has 11 heteroatoms. The van der Waals surface area contributed by atoms with Gasteiger partial charge in [-0.05, 0) is 48.6 Å². The molecule has 0 bridgehead atoms. The van der Waals surface area contributed by atoms with Gasteiger partial charge in [0.05, 0.1) is 0 Å². The Morgan fingerprint density at radius 1 is 1.30 bits per heavy atom. The van der Waals surface area contributed by atoms with Gasteiger partial charge in [0.2, 0.25) is 5.91 Å². The van der Waals surface area contributed by atoms with Gasteiger partial charge in [0.25, 0.3) is 0 Å². The van der Waals surface area contributed by atoms with Crippen LogP contribution in [0.1, 0.15) is 20.3 Å². The summed E-state index contributed by atoms with van der Waals surface area (Å²) in [4.78, 5) is 26.2. The van der Waals surface area contributed by atoms with Gasteiger partial charge in [-0.15, -0.1) is 0 Å². The van der Waals surface area contributed by atoms with E-state index in [1.807, 2.05) is 30.5 Å². The Hall–Kier alpha value is -2.28. The van der Waals surface area contributed by atoms with Crippen LogP contribution in [0.25, 0.3) is 11.2 Å². The van der Waals surface area contributed by atoms with Crippen LogP contribution in [0.4, 0.5) is 5.82 Å². The number of carbonyl (C=O) groups is 1. The molecule has 0 saturated heterocycles. The third-order valence-electron chi connectivity index (χ3n) is 4.34. The lowest BCUT2D eigenvalue weighted by atomic mass is 10.3. The van der Waals surface area contributed by atoms with E-state index in [0.29, 0.717) is 54.1 Å². The second-order valence-corrected chi connectivity index (χ2v) is 9.15. The SMILES string of the molecule is CC(C)NC(=O)CCn1c(Sc2cc3c(cc2I)OCCO3)nc2c(N)ncnc21. The zero-order valence-corrected chi connectivity index (χ0v) is 19.5.